The molecule has 0 N–H and O–H groups in total. The molecule has 5 atom stereocenters. The van der Waals surface area contributed by atoms with E-state index in [-0.39, 0.29) is 19.1 Å². The molecular formula is C25H22O8. The van der Waals surface area contributed by atoms with Crippen LogP contribution in [0.4, 0.5) is 0 Å². The van der Waals surface area contributed by atoms with E-state index in [0.29, 0.717) is 17.5 Å². The highest BCUT2D eigenvalue weighted by molar-refractivity contribution is 5.98. The fraction of sp³-hybridized carbons (Fsp3) is 0.360. The van der Waals surface area contributed by atoms with Gasteiger partial charge in [0.25, 0.3) is 0 Å². The van der Waals surface area contributed by atoms with E-state index in [1.54, 1.807) is 54.6 Å². The summed E-state index contributed by atoms with van der Waals surface area (Å²) in [5.41, 5.74) is 0.602. The fourth-order valence-electron chi connectivity index (χ4n) is 5.06. The second-order valence-corrected chi connectivity index (χ2v) is 8.76. The number of fused-ring (bicyclic) bond motifs is 5. The molecule has 3 saturated heterocycles. The molecule has 2 unspecified atom stereocenters. The summed E-state index contributed by atoms with van der Waals surface area (Å²) in [5.74, 6) is -4.34. The second-order valence-electron chi connectivity index (χ2n) is 8.76. The molecule has 2 bridgehead atoms. The molecule has 3 aliphatic rings. The normalized spacial score (nSPS) is 29.5. The molecule has 170 valence electrons. The molecule has 3 heterocycles. The highest BCUT2D eigenvalue weighted by atomic mass is 16.6. The van der Waals surface area contributed by atoms with Gasteiger partial charge in [-0.3, -0.25) is 9.59 Å². The van der Waals surface area contributed by atoms with E-state index in [1.165, 1.54) is 0 Å². The average Bonchev–Trinajstić information content (AvgIpc) is 3.46. The van der Waals surface area contributed by atoms with Crippen molar-refractivity contribution in [1.29, 1.82) is 0 Å². The number of rotatable bonds is 6. The van der Waals surface area contributed by atoms with Crippen LogP contribution in [-0.2, 0) is 28.5 Å². The predicted octanol–water partition coefficient (Wildman–Crippen LogP) is 2.48. The molecule has 8 heteroatoms. The van der Waals surface area contributed by atoms with Gasteiger partial charge >= 0.3 is 23.9 Å². The van der Waals surface area contributed by atoms with E-state index in [2.05, 4.69) is 0 Å². The minimum atomic E-state index is -1.19. The van der Waals surface area contributed by atoms with E-state index in [0.717, 1.165) is 5.56 Å². The van der Waals surface area contributed by atoms with Gasteiger partial charge in [0.05, 0.1) is 23.8 Å². The lowest BCUT2D eigenvalue weighted by molar-refractivity contribution is -0.160. The Morgan fingerprint density at radius 2 is 1.61 bits per heavy atom. The summed E-state index contributed by atoms with van der Waals surface area (Å²) in [6, 6.07) is 15.5. The molecule has 33 heavy (non-hydrogen) atoms. The predicted molar refractivity (Wildman–Crippen MR) is 112 cm³/mol. The molecule has 8 nitrogen and oxygen atoms in total. The first-order valence-corrected chi connectivity index (χ1v) is 10.8. The van der Waals surface area contributed by atoms with Gasteiger partial charge in [0.15, 0.2) is 0 Å². The Balaban J connectivity index is 1.31. The molecule has 0 spiro atoms. The second kappa shape index (κ2) is 8.12. The van der Waals surface area contributed by atoms with Gasteiger partial charge in [-0.05, 0) is 37.6 Å². The van der Waals surface area contributed by atoms with Gasteiger partial charge in [0, 0.05) is 5.92 Å². The molecule has 0 aromatic heterocycles. The topological polar surface area (TPSA) is 105 Å². The van der Waals surface area contributed by atoms with Crippen molar-refractivity contribution in [3.05, 3.63) is 71.3 Å². The summed E-state index contributed by atoms with van der Waals surface area (Å²) in [7, 11) is 0. The zero-order valence-electron chi connectivity index (χ0n) is 17.9. The van der Waals surface area contributed by atoms with Crippen molar-refractivity contribution in [1.82, 2.24) is 0 Å². The van der Waals surface area contributed by atoms with Crippen molar-refractivity contribution in [2.45, 2.75) is 25.0 Å². The van der Waals surface area contributed by atoms with Crippen LogP contribution < -0.4 is 0 Å². The van der Waals surface area contributed by atoms with Crippen LogP contribution in [0.25, 0.3) is 0 Å². The maximum atomic E-state index is 12.5. The van der Waals surface area contributed by atoms with Crippen molar-refractivity contribution in [2.75, 3.05) is 13.2 Å². The maximum absolute atomic E-state index is 12.5. The van der Waals surface area contributed by atoms with E-state index >= 15 is 0 Å². The Bertz CT molecular complexity index is 1110. The number of ether oxygens (including phenoxy) is 4. The number of cyclic esters (lactones) is 2. The molecular weight excluding hydrogens is 428 g/mol. The number of hydrogen-bond acceptors (Lipinski definition) is 8. The van der Waals surface area contributed by atoms with Crippen LogP contribution in [0.15, 0.2) is 54.6 Å². The SMILES string of the molecule is Cc1ccc(C(=O)OC[C@@]23C[C@H](COC(=O)c4ccccc4)[C@H](O2)C2C(=O)OC(=O)C23)cc1. The third kappa shape index (κ3) is 3.70. The van der Waals surface area contributed by atoms with Crippen molar-refractivity contribution in [3.8, 4) is 0 Å². The lowest BCUT2D eigenvalue weighted by atomic mass is 9.69. The number of aryl methyl sites for hydroxylation is 1. The fourth-order valence-corrected chi connectivity index (χ4v) is 5.06. The Labute approximate surface area is 189 Å². The van der Waals surface area contributed by atoms with Crippen LogP contribution >= 0.6 is 0 Å². The molecule has 0 aliphatic carbocycles. The highest BCUT2D eigenvalue weighted by Gasteiger charge is 2.72. The molecule has 3 fully saturated rings. The molecule has 2 aromatic carbocycles. The zero-order chi connectivity index (χ0) is 23.2. The summed E-state index contributed by atoms with van der Waals surface area (Å²) in [6.45, 7) is 1.71. The standard InChI is InChI=1S/C25H22O8/c1-14-7-9-16(10-8-14)22(27)31-13-25-11-17(12-30-21(26)15-5-3-2-4-6-15)20(33-25)18-19(25)24(29)32-23(18)28/h2-10,17-20H,11-13H2,1H3/t17-,18?,19?,20+,25-/m1/s1. The van der Waals surface area contributed by atoms with Crippen LogP contribution in [-0.4, -0.2) is 48.8 Å². The highest BCUT2D eigenvalue weighted by Crippen LogP contribution is 2.57. The van der Waals surface area contributed by atoms with Crippen LogP contribution in [0.1, 0.15) is 32.7 Å². The molecule has 3 aliphatic heterocycles. The first-order chi connectivity index (χ1) is 15.9. The van der Waals surface area contributed by atoms with Crippen molar-refractivity contribution in [3.63, 3.8) is 0 Å². The lowest BCUT2D eigenvalue weighted by Crippen LogP contribution is -2.47. The lowest BCUT2D eigenvalue weighted by Gasteiger charge is -2.31. The summed E-state index contributed by atoms with van der Waals surface area (Å²) < 4.78 is 22.0. The Morgan fingerprint density at radius 1 is 0.939 bits per heavy atom. The van der Waals surface area contributed by atoms with Crippen LogP contribution in [0, 0.1) is 24.7 Å². The van der Waals surface area contributed by atoms with Gasteiger partial charge in [0.1, 0.15) is 24.0 Å². The van der Waals surface area contributed by atoms with E-state index in [4.69, 9.17) is 18.9 Å². The Hall–Kier alpha value is -3.52. The number of carbonyl (C=O) groups excluding carboxylic acids is 4. The minimum Gasteiger partial charge on any atom is -0.462 e. The molecule has 0 amide bonds. The van der Waals surface area contributed by atoms with Gasteiger partial charge in [0.2, 0.25) is 0 Å². The first-order valence-electron chi connectivity index (χ1n) is 10.8. The molecule has 0 radical (unpaired) electrons. The van der Waals surface area contributed by atoms with Gasteiger partial charge in [-0.1, -0.05) is 35.9 Å². The van der Waals surface area contributed by atoms with Crippen molar-refractivity contribution >= 4 is 23.9 Å². The number of hydrogen-bond donors (Lipinski definition) is 0. The average molecular weight is 450 g/mol. The van der Waals surface area contributed by atoms with Gasteiger partial charge in [-0.2, -0.15) is 0 Å². The summed E-state index contributed by atoms with van der Waals surface area (Å²) in [4.78, 5) is 49.7. The van der Waals surface area contributed by atoms with E-state index in [1.807, 2.05) is 6.92 Å². The monoisotopic (exact) mass is 450 g/mol. The van der Waals surface area contributed by atoms with Gasteiger partial charge < -0.3 is 18.9 Å². The van der Waals surface area contributed by atoms with Gasteiger partial charge in [-0.25, -0.2) is 9.59 Å². The first kappa shape index (κ1) is 21.3. The number of esters is 4. The van der Waals surface area contributed by atoms with Crippen LogP contribution in [0.2, 0.25) is 0 Å². The van der Waals surface area contributed by atoms with Gasteiger partial charge in [-0.15, -0.1) is 0 Å². The Kier molecular flexibility index (Phi) is 5.25. The largest absolute Gasteiger partial charge is 0.462 e. The Morgan fingerprint density at radius 3 is 2.33 bits per heavy atom. The zero-order valence-corrected chi connectivity index (χ0v) is 17.9. The van der Waals surface area contributed by atoms with E-state index < -0.39 is 47.4 Å². The summed E-state index contributed by atoms with van der Waals surface area (Å²) in [5, 5.41) is 0. The molecule has 0 saturated carbocycles. The van der Waals surface area contributed by atoms with Crippen LogP contribution in [0.5, 0.6) is 0 Å². The number of benzene rings is 2. The summed E-state index contributed by atoms with van der Waals surface area (Å²) in [6.07, 6.45) is -0.361. The third-order valence-electron chi connectivity index (χ3n) is 6.62. The third-order valence-corrected chi connectivity index (χ3v) is 6.62. The molecule has 2 aromatic rings. The molecule has 5 rings (SSSR count). The minimum absolute atomic E-state index is 0.0107. The number of carbonyl (C=O) groups is 4. The van der Waals surface area contributed by atoms with Crippen LogP contribution in [0.3, 0.4) is 0 Å². The quantitative estimate of drug-likeness (QED) is 0.376. The van der Waals surface area contributed by atoms with Crippen molar-refractivity contribution in [2.24, 2.45) is 17.8 Å². The maximum Gasteiger partial charge on any atom is 0.338 e. The smallest absolute Gasteiger partial charge is 0.338 e. The summed E-state index contributed by atoms with van der Waals surface area (Å²) >= 11 is 0. The van der Waals surface area contributed by atoms with E-state index in [9.17, 15) is 19.2 Å². The van der Waals surface area contributed by atoms with Crippen molar-refractivity contribution < 1.29 is 38.1 Å².